The molecule has 0 atom stereocenters. The summed E-state index contributed by atoms with van der Waals surface area (Å²) >= 11 is 0. The van der Waals surface area contributed by atoms with Gasteiger partial charge in [-0.3, -0.25) is 9.48 Å². The van der Waals surface area contributed by atoms with Gasteiger partial charge in [0.15, 0.2) is 17.5 Å². The molecule has 0 fully saturated rings. The Morgan fingerprint density at radius 1 is 1.30 bits per heavy atom. The fourth-order valence-corrected chi connectivity index (χ4v) is 1.62. The van der Waals surface area contributed by atoms with Crippen LogP contribution in [0.25, 0.3) is 0 Å². The van der Waals surface area contributed by atoms with E-state index in [2.05, 4.69) is 10.4 Å². The largest absolute Gasteiger partial charge is 0.378 e. The zero-order valence-electron chi connectivity index (χ0n) is 10.2. The SMILES string of the molecule is NC(=O)Cn1cc(NCc2cc(F)c(F)c(F)c2)cn1. The molecule has 0 spiro atoms. The number of nitrogens with one attached hydrogen (secondary N) is 1. The molecule has 0 aliphatic heterocycles. The van der Waals surface area contributed by atoms with Crippen LogP contribution in [-0.2, 0) is 17.9 Å². The molecule has 0 radical (unpaired) electrons. The minimum Gasteiger partial charge on any atom is -0.378 e. The summed E-state index contributed by atoms with van der Waals surface area (Å²) in [5, 5.41) is 6.70. The summed E-state index contributed by atoms with van der Waals surface area (Å²) in [5.41, 5.74) is 5.79. The van der Waals surface area contributed by atoms with E-state index in [0.717, 1.165) is 12.1 Å². The summed E-state index contributed by atoms with van der Waals surface area (Å²) in [6.07, 6.45) is 2.94. The van der Waals surface area contributed by atoms with Crippen molar-refractivity contribution in [3.63, 3.8) is 0 Å². The Labute approximate surface area is 112 Å². The van der Waals surface area contributed by atoms with Crippen LogP contribution in [0, 0.1) is 17.5 Å². The highest BCUT2D eigenvalue weighted by Gasteiger charge is 2.10. The van der Waals surface area contributed by atoms with E-state index in [9.17, 15) is 18.0 Å². The van der Waals surface area contributed by atoms with Crippen LogP contribution >= 0.6 is 0 Å². The third kappa shape index (κ3) is 3.28. The molecule has 5 nitrogen and oxygen atoms in total. The molecule has 0 aliphatic carbocycles. The van der Waals surface area contributed by atoms with Gasteiger partial charge in [-0.1, -0.05) is 0 Å². The molecule has 0 saturated carbocycles. The van der Waals surface area contributed by atoms with E-state index in [-0.39, 0.29) is 18.7 Å². The van der Waals surface area contributed by atoms with Crippen LogP contribution in [-0.4, -0.2) is 15.7 Å². The summed E-state index contributed by atoms with van der Waals surface area (Å²) in [7, 11) is 0. The number of hydrogen-bond acceptors (Lipinski definition) is 3. The Kier molecular flexibility index (Phi) is 3.92. The van der Waals surface area contributed by atoms with Crippen molar-refractivity contribution in [2.75, 3.05) is 5.32 Å². The number of benzene rings is 1. The number of anilines is 1. The lowest BCUT2D eigenvalue weighted by Gasteiger charge is -2.05. The number of carbonyl (C=O) groups excluding carboxylic acids is 1. The highest BCUT2D eigenvalue weighted by atomic mass is 19.2. The van der Waals surface area contributed by atoms with E-state index in [4.69, 9.17) is 5.73 Å². The van der Waals surface area contributed by atoms with Crippen molar-refractivity contribution in [1.82, 2.24) is 9.78 Å². The van der Waals surface area contributed by atoms with E-state index in [0.29, 0.717) is 5.69 Å². The van der Waals surface area contributed by atoms with Crippen LogP contribution in [0.2, 0.25) is 0 Å². The molecule has 1 amide bonds. The van der Waals surface area contributed by atoms with Gasteiger partial charge < -0.3 is 11.1 Å². The molecule has 8 heteroatoms. The van der Waals surface area contributed by atoms with Crippen molar-refractivity contribution in [1.29, 1.82) is 0 Å². The van der Waals surface area contributed by atoms with Crippen molar-refractivity contribution in [2.24, 2.45) is 5.73 Å². The zero-order valence-corrected chi connectivity index (χ0v) is 10.2. The number of nitrogens with zero attached hydrogens (tertiary/aromatic N) is 2. The summed E-state index contributed by atoms with van der Waals surface area (Å²) < 4.78 is 40.1. The van der Waals surface area contributed by atoms with E-state index in [1.54, 1.807) is 0 Å². The number of hydrogen-bond donors (Lipinski definition) is 2. The quantitative estimate of drug-likeness (QED) is 0.815. The third-order valence-corrected chi connectivity index (χ3v) is 2.49. The first-order valence-corrected chi connectivity index (χ1v) is 5.64. The van der Waals surface area contributed by atoms with Crippen LogP contribution in [0.5, 0.6) is 0 Å². The number of nitrogens with two attached hydrogens (primary N) is 1. The van der Waals surface area contributed by atoms with Gasteiger partial charge in [-0.2, -0.15) is 5.10 Å². The van der Waals surface area contributed by atoms with Gasteiger partial charge in [0.05, 0.1) is 11.9 Å². The molecule has 0 saturated heterocycles. The number of aromatic nitrogens is 2. The Morgan fingerprint density at radius 2 is 1.95 bits per heavy atom. The standard InChI is InChI=1S/C12H11F3N4O/c13-9-1-7(2-10(14)12(9)15)3-17-8-4-18-19(5-8)6-11(16)20/h1-2,4-5,17H,3,6H2,(H2,16,20). The normalized spacial score (nSPS) is 10.6. The molecule has 1 aromatic heterocycles. The van der Waals surface area contributed by atoms with Gasteiger partial charge in [0.25, 0.3) is 0 Å². The van der Waals surface area contributed by atoms with Gasteiger partial charge in [-0.25, -0.2) is 13.2 Å². The summed E-state index contributed by atoms with van der Waals surface area (Å²) in [6, 6.07) is 1.80. The highest BCUT2D eigenvalue weighted by molar-refractivity contribution is 5.73. The molecule has 0 bridgehead atoms. The van der Waals surface area contributed by atoms with E-state index < -0.39 is 23.4 Å². The number of halogens is 3. The fourth-order valence-electron chi connectivity index (χ4n) is 1.62. The van der Waals surface area contributed by atoms with Gasteiger partial charge >= 0.3 is 0 Å². The molecule has 1 heterocycles. The van der Waals surface area contributed by atoms with Crippen LogP contribution in [0.15, 0.2) is 24.5 Å². The summed E-state index contributed by atoms with van der Waals surface area (Å²) in [6.45, 7) is 0.0118. The van der Waals surface area contributed by atoms with Crippen LogP contribution < -0.4 is 11.1 Å². The number of amides is 1. The molecular formula is C12H11F3N4O. The topological polar surface area (TPSA) is 72.9 Å². The van der Waals surface area contributed by atoms with Crippen LogP contribution in [0.4, 0.5) is 18.9 Å². The van der Waals surface area contributed by atoms with Gasteiger partial charge in [-0.05, 0) is 17.7 Å². The van der Waals surface area contributed by atoms with Crippen molar-refractivity contribution < 1.29 is 18.0 Å². The number of primary amides is 1. The molecule has 2 rings (SSSR count). The van der Waals surface area contributed by atoms with Gasteiger partial charge in [-0.15, -0.1) is 0 Å². The Balaban J connectivity index is 2.02. The number of carbonyl (C=O) groups is 1. The summed E-state index contributed by atoms with van der Waals surface area (Å²) in [4.78, 5) is 10.7. The molecule has 20 heavy (non-hydrogen) atoms. The molecule has 2 aromatic rings. The Bertz CT molecular complexity index is 618. The Morgan fingerprint density at radius 3 is 2.55 bits per heavy atom. The van der Waals surface area contributed by atoms with Crippen molar-refractivity contribution in [3.05, 3.63) is 47.5 Å². The Hall–Kier alpha value is -2.51. The molecular weight excluding hydrogens is 273 g/mol. The molecule has 1 aromatic carbocycles. The smallest absolute Gasteiger partial charge is 0.239 e. The molecule has 106 valence electrons. The van der Waals surface area contributed by atoms with Crippen LogP contribution in [0.3, 0.4) is 0 Å². The maximum Gasteiger partial charge on any atom is 0.239 e. The predicted molar refractivity (Wildman–Crippen MR) is 65.1 cm³/mol. The maximum atomic E-state index is 13.0. The number of rotatable bonds is 5. The summed E-state index contributed by atoms with van der Waals surface area (Å²) in [5.74, 6) is -4.53. The monoisotopic (exact) mass is 284 g/mol. The van der Waals surface area contributed by atoms with E-state index in [1.807, 2.05) is 0 Å². The molecule has 3 N–H and O–H groups in total. The lowest BCUT2D eigenvalue weighted by atomic mass is 10.2. The first kappa shape index (κ1) is 13.9. The fraction of sp³-hybridized carbons (Fsp3) is 0.167. The van der Waals surface area contributed by atoms with Gasteiger partial charge in [0.1, 0.15) is 6.54 Å². The highest BCUT2D eigenvalue weighted by Crippen LogP contribution is 2.15. The minimum atomic E-state index is -1.50. The van der Waals surface area contributed by atoms with Gasteiger partial charge in [0.2, 0.25) is 5.91 Å². The second kappa shape index (κ2) is 5.64. The second-order valence-corrected chi connectivity index (χ2v) is 4.12. The third-order valence-electron chi connectivity index (χ3n) is 2.49. The zero-order chi connectivity index (χ0) is 14.7. The lowest BCUT2D eigenvalue weighted by Crippen LogP contribution is -2.18. The second-order valence-electron chi connectivity index (χ2n) is 4.12. The average molecular weight is 284 g/mol. The van der Waals surface area contributed by atoms with Crippen LogP contribution in [0.1, 0.15) is 5.56 Å². The van der Waals surface area contributed by atoms with Crippen molar-refractivity contribution in [2.45, 2.75) is 13.1 Å². The van der Waals surface area contributed by atoms with Crippen molar-refractivity contribution >= 4 is 11.6 Å². The molecule has 0 unspecified atom stereocenters. The lowest BCUT2D eigenvalue weighted by molar-refractivity contribution is -0.118. The average Bonchev–Trinajstić information content (AvgIpc) is 2.80. The first-order chi connectivity index (χ1) is 9.45. The maximum absolute atomic E-state index is 13.0. The predicted octanol–water partition coefficient (Wildman–Crippen LogP) is 1.40. The van der Waals surface area contributed by atoms with Gasteiger partial charge in [0, 0.05) is 12.7 Å². The van der Waals surface area contributed by atoms with E-state index >= 15 is 0 Å². The van der Waals surface area contributed by atoms with E-state index in [1.165, 1.54) is 17.1 Å². The van der Waals surface area contributed by atoms with Crippen molar-refractivity contribution in [3.8, 4) is 0 Å². The minimum absolute atomic E-state index is 0.0680. The first-order valence-electron chi connectivity index (χ1n) is 5.64. The molecule has 0 aliphatic rings.